The van der Waals surface area contributed by atoms with Gasteiger partial charge in [-0.25, -0.2) is 0 Å². The number of nitrogens with two attached hydrogens (primary N) is 1. The molecule has 0 bridgehead atoms. The molecule has 3 atom stereocenters. The Kier molecular flexibility index (Phi) is 30.8. The lowest BCUT2D eigenvalue weighted by Crippen LogP contribution is -2.49. The summed E-state index contributed by atoms with van der Waals surface area (Å²) < 4.78 is 30.0. The number of unbranched alkanes of at least 4 members (excludes halogenated alkanes) is 17. The Labute approximate surface area is 404 Å². The molecule has 0 heterocycles. The number of hydrogen-bond donors (Lipinski definition) is 4. The molecule has 0 aliphatic heterocycles. The van der Waals surface area contributed by atoms with E-state index in [1.54, 1.807) is 14.2 Å². The molecule has 5 N–H and O–H groups in total. The second-order valence-electron chi connectivity index (χ2n) is 17.5. The third kappa shape index (κ3) is 22.3. The van der Waals surface area contributed by atoms with Gasteiger partial charge in [-0.15, -0.1) is 0 Å². The summed E-state index contributed by atoms with van der Waals surface area (Å²) in [5.74, 6) is -0.200. The zero-order chi connectivity index (χ0) is 48.2. The van der Waals surface area contributed by atoms with E-state index in [0.717, 1.165) is 68.1 Å². The van der Waals surface area contributed by atoms with Crippen molar-refractivity contribution >= 4 is 26.8 Å². The van der Waals surface area contributed by atoms with Crippen LogP contribution < -0.4 is 30.9 Å². The lowest BCUT2D eigenvalue weighted by Gasteiger charge is -2.37. The van der Waals surface area contributed by atoms with Gasteiger partial charge in [-0.1, -0.05) is 171 Å². The van der Waals surface area contributed by atoms with Crippen molar-refractivity contribution in [3.63, 3.8) is 0 Å². The number of benzene rings is 3. The second-order valence-corrected chi connectivity index (χ2v) is 18.6. The predicted molar refractivity (Wildman–Crippen MR) is 272 cm³/mol. The number of ether oxygens (including phenoxy) is 3. The third-order valence-electron chi connectivity index (χ3n) is 12.2. The summed E-state index contributed by atoms with van der Waals surface area (Å²) in [6.07, 6.45) is 24.2. The maximum atomic E-state index is 14.5. The monoisotopic (exact) mass is 949 g/mol. The maximum Gasteiger partial charge on any atom is 0.252 e. The van der Waals surface area contributed by atoms with Crippen LogP contribution in [0.2, 0.25) is 0 Å². The van der Waals surface area contributed by atoms with Crippen molar-refractivity contribution in [2.24, 2.45) is 11.4 Å². The van der Waals surface area contributed by atoms with Crippen LogP contribution in [0.1, 0.15) is 165 Å². The number of amides is 3. The molecule has 3 amide bonds. The predicted octanol–water partition coefficient (Wildman–Crippen LogP) is 11.4. The van der Waals surface area contributed by atoms with Crippen molar-refractivity contribution in [2.75, 3.05) is 47.1 Å². The smallest absolute Gasteiger partial charge is 0.252 e. The van der Waals surface area contributed by atoms with Gasteiger partial charge in [0.05, 0.1) is 40.1 Å². The summed E-state index contributed by atoms with van der Waals surface area (Å²) in [5.41, 5.74) is 7.69. The van der Waals surface area contributed by atoms with Crippen molar-refractivity contribution < 1.29 is 37.6 Å². The van der Waals surface area contributed by atoms with Crippen molar-refractivity contribution in [2.45, 2.75) is 160 Å². The largest absolute Gasteiger partial charge is 0.497 e. The van der Waals surface area contributed by atoms with Crippen LogP contribution in [0.4, 0.5) is 0 Å². The average molecular weight is 949 g/mol. The number of carbonyl (C=O) groups excluding carboxylic acids is 3. The number of carbonyl (C=O) groups is 3. The molecule has 13 heteroatoms. The molecule has 0 aliphatic carbocycles. The molecule has 374 valence electrons. The number of hydrogen-bond acceptors (Lipinski definition) is 9. The number of rotatable bonds is 41. The van der Waals surface area contributed by atoms with Crippen LogP contribution in [-0.2, 0) is 33.8 Å². The van der Waals surface area contributed by atoms with Gasteiger partial charge in [0, 0.05) is 13.1 Å². The molecule has 0 aliphatic rings. The average Bonchev–Trinajstić information content (AvgIpc) is 3.36. The van der Waals surface area contributed by atoms with Crippen LogP contribution in [0.5, 0.6) is 11.5 Å². The molecule has 0 fully saturated rings. The summed E-state index contributed by atoms with van der Waals surface area (Å²) in [5, 5.41) is 8.89. The molecule has 0 saturated heterocycles. The highest BCUT2D eigenvalue weighted by atomic mass is 31.2. The van der Waals surface area contributed by atoms with Crippen LogP contribution >= 0.6 is 8.53 Å². The maximum absolute atomic E-state index is 14.5. The quantitative estimate of drug-likeness (QED) is 0.0143. The Morgan fingerprint density at radius 1 is 0.597 bits per heavy atom. The summed E-state index contributed by atoms with van der Waals surface area (Å²) in [4.78, 5) is 39.0. The SMILES string of the molecule is CCCCCCCCCCCCCCCCCCC(C(=O)NCCCCCNC=O)C(=O)NC(COP(N)OCCC)COC(c1ccccc1)(c1ccc(OC)cc1)c1ccc(OC)cc1. The first-order valence-corrected chi connectivity index (χ1v) is 26.6. The molecule has 3 aromatic carbocycles. The van der Waals surface area contributed by atoms with Gasteiger partial charge in [0.15, 0.2) is 0 Å². The van der Waals surface area contributed by atoms with Crippen LogP contribution in [0, 0.1) is 5.92 Å². The molecule has 0 spiro atoms. The fourth-order valence-corrected chi connectivity index (χ4v) is 9.08. The Morgan fingerprint density at radius 2 is 1.09 bits per heavy atom. The van der Waals surface area contributed by atoms with Gasteiger partial charge in [-0.2, -0.15) is 0 Å². The summed E-state index contributed by atoms with van der Waals surface area (Å²) >= 11 is 0. The standard InChI is InChI=1S/C54H85N4O8P/c1-5-7-8-9-10-11-12-13-14-15-16-17-18-19-20-25-30-51(52(60)57-40-27-22-26-39-56-44-59)53(61)58-48(43-66-67(55)65-41-6-2)42-64-54(45-28-23-21-24-29-45,46-31-35-49(62-3)36-32-46)47-33-37-50(63-4)38-34-47/h21,23-24,28-29,31-38,44,48,51H,5-20,22,25-27,30,39-43,55H2,1-4H3,(H,56,59)(H,57,60)(H,58,61). The molecule has 0 aromatic heterocycles. The minimum absolute atomic E-state index is 0.00213. The zero-order valence-corrected chi connectivity index (χ0v) is 42.3. The summed E-state index contributed by atoms with van der Waals surface area (Å²) in [6, 6.07) is 24.8. The fourth-order valence-electron chi connectivity index (χ4n) is 8.32. The molecule has 3 aromatic rings. The van der Waals surface area contributed by atoms with E-state index in [1.165, 1.54) is 77.0 Å². The molecule has 3 rings (SSSR count). The fraction of sp³-hybridized carbons (Fsp3) is 0.611. The molecule has 3 unspecified atom stereocenters. The van der Waals surface area contributed by atoms with E-state index in [0.29, 0.717) is 44.0 Å². The van der Waals surface area contributed by atoms with Crippen molar-refractivity contribution in [1.29, 1.82) is 0 Å². The first-order chi connectivity index (χ1) is 32.8. The Morgan fingerprint density at radius 3 is 1.60 bits per heavy atom. The van der Waals surface area contributed by atoms with Gasteiger partial charge >= 0.3 is 0 Å². The minimum atomic E-state index is -1.73. The highest BCUT2D eigenvalue weighted by molar-refractivity contribution is 7.44. The Hall–Kier alpha value is -4.06. The third-order valence-corrected chi connectivity index (χ3v) is 13.0. The van der Waals surface area contributed by atoms with Crippen LogP contribution in [0.3, 0.4) is 0 Å². The van der Waals surface area contributed by atoms with Gasteiger partial charge in [0.2, 0.25) is 18.2 Å². The lowest BCUT2D eigenvalue weighted by atomic mass is 9.80. The number of nitrogens with one attached hydrogen (secondary N) is 3. The van der Waals surface area contributed by atoms with Gasteiger partial charge in [0.1, 0.15) is 23.0 Å². The van der Waals surface area contributed by atoms with Crippen LogP contribution in [0.15, 0.2) is 78.9 Å². The van der Waals surface area contributed by atoms with Crippen molar-refractivity contribution in [3.05, 3.63) is 95.6 Å². The first kappa shape index (κ1) is 57.3. The van der Waals surface area contributed by atoms with Gasteiger partial charge in [0.25, 0.3) is 8.53 Å². The zero-order valence-electron chi connectivity index (χ0n) is 41.4. The normalized spacial score (nSPS) is 12.8. The second kappa shape index (κ2) is 36.0. The number of methoxy groups -OCH3 is 2. The molecule has 67 heavy (non-hydrogen) atoms. The van der Waals surface area contributed by atoms with E-state index in [4.69, 9.17) is 28.8 Å². The topological polar surface area (TPSA) is 159 Å². The highest BCUT2D eigenvalue weighted by Crippen LogP contribution is 2.42. The molecular formula is C54H85N4O8P. The first-order valence-electron chi connectivity index (χ1n) is 25.4. The van der Waals surface area contributed by atoms with E-state index in [9.17, 15) is 14.4 Å². The Bertz CT molecular complexity index is 1670. The van der Waals surface area contributed by atoms with E-state index >= 15 is 0 Å². The van der Waals surface area contributed by atoms with Gasteiger partial charge < -0.3 is 39.2 Å². The van der Waals surface area contributed by atoms with Crippen LogP contribution in [-0.4, -0.2) is 71.4 Å². The van der Waals surface area contributed by atoms with E-state index < -0.39 is 26.1 Å². The Balaban J connectivity index is 1.78. The van der Waals surface area contributed by atoms with E-state index in [-0.39, 0.29) is 25.0 Å². The minimum Gasteiger partial charge on any atom is -0.497 e. The van der Waals surface area contributed by atoms with Gasteiger partial charge in [-0.3, -0.25) is 19.9 Å². The summed E-state index contributed by atoms with van der Waals surface area (Å²) in [7, 11) is 1.53. The highest BCUT2D eigenvalue weighted by Gasteiger charge is 2.39. The van der Waals surface area contributed by atoms with Crippen molar-refractivity contribution in [3.8, 4) is 11.5 Å². The summed E-state index contributed by atoms with van der Waals surface area (Å²) in [6.45, 7) is 5.73. The molecule has 0 saturated carbocycles. The lowest BCUT2D eigenvalue weighted by molar-refractivity contribution is -0.136. The van der Waals surface area contributed by atoms with Gasteiger partial charge in [-0.05, 0) is 73.1 Å². The van der Waals surface area contributed by atoms with Crippen LogP contribution in [0.25, 0.3) is 0 Å². The molecule has 0 radical (unpaired) electrons. The van der Waals surface area contributed by atoms with Crippen molar-refractivity contribution in [1.82, 2.24) is 16.0 Å². The van der Waals surface area contributed by atoms with E-state index in [1.807, 2.05) is 85.8 Å². The molecular weight excluding hydrogens is 864 g/mol. The molecule has 12 nitrogen and oxygen atoms in total. The van der Waals surface area contributed by atoms with E-state index in [2.05, 4.69) is 22.9 Å².